The van der Waals surface area contributed by atoms with Crippen LogP contribution in [-0.2, 0) is 0 Å². The molecule has 0 amide bonds. The highest BCUT2D eigenvalue weighted by molar-refractivity contribution is 7.98. The molecule has 2 heteroatoms. The summed E-state index contributed by atoms with van der Waals surface area (Å²) in [6.07, 6.45) is 7.23. The summed E-state index contributed by atoms with van der Waals surface area (Å²) in [6.45, 7) is 0. The predicted octanol–water partition coefficient (Wildman–Crippen LogP) is 1.62. The maximum atomic E-state index is 5.88. The molecule has 0 aromatic carbocycles. The smallest absolute Gasteiger partial charge is 0.0156 e. The third kappa shape index (κ3) is 2.59. The first-order chi connectivity index (χ1) is 4.27. The molecule has 0 unspecified atom stereocenters. The quantitative estimate of drug-likeness (QED) is 0.608. The van der Waals surface area contributed by atoms with Gasteiger partial charge in [-0.25, -0.2) is 0 Å². The molecule has 1 saturated carbocycles. The molecule has 0 spiro atoms. The summed E-state index contributed by atoms with van der Waals surface area (Å²) >= 11 is 1.91. The molecule has 0 aromatic rings. The Hall–Kier alpha value is 0.310. The summed E-state index contributed by atoms with van der Waals surface area (Å²) in [5, 5.41) is 0. The third-order valence-electron chi connectivity index (χ3n) is 1.92. The standard InChI is InChI=1S/C7H15NS/c1-9-6-2-3-7(8)4-5-7/h2-6,8H2,1H3. The molecule has 0 heterocycles. The molecule has 1 aliphatic carbocycles. The van der Waals surface area contributed by atoms with Crippen LogP contribution in [0.2, 0.25) is 0 Å². The van der Waals surface area contributed by atoms with E-state index in [9.17, 15) is 0 Å². The molecule has 0 aromatic heterocycles. The van der Waals surface area contributed by atoms with Gasteiger partial charge >= 0.3 is 0 Å². The highest BCUT2D eigenvalue weighted by atomic mass is 32.2. The van der Waals surface area contributed by atoms with Gasteiger partial charge in [-0.05, 0) is 37.7 Å². The summed E-state index contributed by atoms with van der Waals surface area (Å²) in [5.41, 5.74) is 6.17. The molecule has 0 atom stereocenters. The fraction of sp³-hybridized carbons (Fsp3) is 1.00. The lowest BCUT2D eigenvalue weighted by Gasteiger charge is -2.05. The Morgan fingerprint density at radius 1 is 1.56 bits per heavy atom. The monoisotopic (exact) mass is 145 g/mol. The van der Waals surface area contributed by atoms with Crippen LogP contribution in [0.5, 0.6) is 0 Å². The van der Waals surface area contributed by atoms with Gasteiger partial charge in [0.1, 0.15) is 0 Å². The van der Waals surface area contributed by atoms with Gasteiger partial charge in [0.05, 0.1) is 0 Å². The largest absolute Gasteiger partial charge is 0.325 e. The highest BCUT2D eigenvalue weighted by Crippen LogP contribution is 2.36. The molecule has 1 fully saturated rings. The molecule has 2 N–H and O–H groups in total. The lowest BCUT2D eigenvalue weighted by molar-refractivity contribution is 0.601. The van der Waals surface area contributed by atoms with E-state index in [4.69, 9.17) is 5.73 Å². The first-order valence-electron chi connectivity index (χ1n) is 3.55. The Morgan fingerprint density at radius 3 is 2.67 bits per heavy atom. The Balaban J connectivity index is 1.92. The number of hydrogen-bond acceptors (Lipinski definition) is 2. The SMILES string of the molecule is CSCCCC1(N)CC1. The summed E-state index contributed by atoms with van der Waals surface area (Å²) in [5.74, 6) is 1.28. The van der Waals surface area contributed by atoms with Crippen molar-refractivity contribution < 1.29 is 0 Å². The molecular weight excluding hydrogens is 130 g/mol. The van der Waals surface area contributed by atoms with E-state index in [0.29, 0.717) is 0 Å². The third-order valence-corrected chi connectivity index (χ3v) is 2.61. The van der Waals surface area contributed by atoms with Gasteiger partial charge in [0.2, 0.25) is 0 Å². The second-order valence-electron chi connectivity index (χ2n) is 2.96. The first kappa shape index (κ1) is 7.42. The van der Waals surface area contributed by atoms with Crippen LogP contribution < -0.4 is 5.73 Å². The minimum atomic E-state index is 0.287. The van der Waals surface area contributed by atoms with Crippen molar-refractivity contribution >= 4 is 11.8 Å². The highest BCUT2D eigenvalue weighted by Gasteiger charge is 2.36. The number of thioether (sulfide) groups is 1. The fourth-order valence-electron chi connectivity index (χ4n) is 0.979. The van der Waals surface area contributed by atoms with Gasteiger partial charge in [-0.3, -0.25) is 0 Å². The van der Waals surface area contributed by atoms with E-state index >= 15 is 0 Å². The van der Waals surface area contributed by atoms with E-state index in [2.05, 4.69) is 6.26 Å². The normalized spacial score (nSPS) is 22.0. The van der Waals surface area contributed by atoms with Gasteiger partial charge in [0.15, 0.2) is 0 Å². The predicted molar refractivity (Wildman–Crippen MR) is 43.8 cm³/mol. The molecular formula is C7H15NS. The zero-order valence-electron chi connectivity index (χ0n) is 6.02. The second-order valence-corrected chi connectivity index (χ2v) is 3.94. The Morgan fingerprint density at radius 2 is 2.22 bits per heavy atom. The van der Waals surface area contributed by atoms with Crippen LogP contribution >= 0.6 is 11.8 Å². The van der Waals surface area contributed by atoms with Crippen LogP contribution in [0.1, 0.15) is 25.7 Å². The molecule has 1 aliphatic rings. The van der Waals surface area contributed by atoms with Crippen LogP contribution in [0.4, 0.5) is 0 Å². The lowest BCUT2D eigenvalue weighted by Crippen LogP contribution is -2.21. The van der Waals surface area contributed by atoms with E-state index in [-0.39, 0.29) is 5.54 Å². The Bertz CT molecular complexity index is 88.9. The van der Waals surface area contributed by atoms with Crippen molar-refractivity contribution in [1.82, 2.24) is 0 Å². The van der Waals surface area contributed by atoms with Crippen LogP contribution in [-0.4, -0.2) is 17.5 Å². The van der Waals surface area contributed by atoms with Crippen LogP contribution in [0, 0.1) is 0 Å². The first-order valence-corrected chi connectivity index (χ1v) is 4.94. The van der Waals surface area contributed by atoms with Crippen LogP contribution in [0.3, 0.4) is 0 Å². The number of hydrogen-bond donors (Lipinski definition) is 1. The molecule has 0 bridgehead atoms. The lowest BCUT2D eigenvalue weighted by atomic mass is 10.1. The summed E-state index contributed by atoms with van der Waals surface area (Å²) in [4.78, 5) is 0. The van der Waals surface area contributed by atoms with Crippen LogP contribution in [0.25, 0.3) is 0 Å². The van der Waals surface area contributed by atoms with Crippen molar-refractivity contribution in [2.45, 2.75) is 31.2 Å². The molecule has 0 aliphatic heterocycles. The molecule has 1 rings (SSSR count). The summed E-state index contributed by atoms with van der Waals surface area (Å²) in [6, 6.07) is 0. The molecule has 1 nitrogen and oxygen atoms in total. The molecule has 0 radical (unpaired) electrons. The second kappa shape index (κ2) is 2.93. The number of nitrogens with two attached hydrogens (primary N) is 1. The van der Waals surface area contributed by atoms with E-state index in [1.807, 2.05) is 11.8 Å². The summed E-state index contributed by atoms with van der Waals surface area (Å²) < 4.78 is 0. The van der Waals surface area contributed by atoms with Gasteiger partial charge in [0.25, 0.3) is 0 Å². The van der Waals surface area contributed by atoms with Gasteiger partial charge in [0, 0.05) is 5.54 Å². The maximum Gasteiger partial charge on any atom is 0.0156 e. The van der Waals surface area contributed by atoms with Crippen molar-refractivity contribution in [2.75, 3.05) is 12.0 Å². The van der Waals surface area contributed by atoms with E-state index < -0.39 is 0 Å². The van der Waals surface area contributed by atoms with E-state index in [1.165, 1.54) is 31.4 Å². The molecule has 54 valence electrons. The zero-order chi connectivity index (χ0) is 6.74. The number of rotatable bonds is 4. The maximum absolute atomic E-state index is 5.88. The zero-order valence-corrected chi connectivity index (χ0v) is 6.84. The van der Waals surface area contributed by atoms with E-state index in [0.717, 1.165) is 0 Å². The van der Waals surface area contributed by atoms with Crippen molar-refractivity contribution in [3.8, 4) is 0 Å². The fourth-order valence-corrected chi connectivity index (χ4v) is 1.41. The topological polar surface area (TPSA) is 26.0 Å². The average Bonchev–Trinajstić information content (AvgIpc) is 2.50. The van der Waals surface area contributed by atoms with Gasteiger partial charge in [-0.2, -0.15) is 11.8 Å². The minimum Gasteiger partial charge on any atom is -0.325 e. The van der Waals surface area contributed by atoms with Gasteiger partial charge < -0.3 is 5.73 Å². The van der Waals surface area contributed by atoms with E-state index in [1.54, 1.807) is 0 Å². The van der Waals surface area contributed by atoms with Gasteiger partial charge in [-0.1, -0.05) is 0 Å². The average molecular weight is 145 g/mol. The minimum absolute atomic E-state index is 0.287. The molecule has 9 heavy (non-hydrogen) atoms. The Kier molecular flexibility index (Phi) is 2.42. The van der Waals surface area contributed by atoms with Crippen LogP contribution in [0.15, 0.2) is 0 Å². The van der Waals surface area contributed by atoms with Crippen molar-refractivity contribution in [3.63, 3.8) is 0 Å². The van der Waals surface area contributed by atoms with Crippen molar-refractivity contribution in [1.29, 1.82) is 0 Å². The Labute approximate surface area is 61.4 Å². The summed E-state index contributed by atoms with van der Waals surface area (Å²) in [7, 11) is 0. The van der Waals surface area contributed by atoms with Gasteiger partial charge in [-0.15, -0.1) is 0 Å². The molecule has 0 saturated heterocycles. The van der Waals surface area contributed by atoms with Crippen molar-refractivity contribution in [2.24, 2.45) is 5.73 Å². The van der Waals surface area contributed by atoms with Crippen molar-refractivity contribution in [3.05, 3.63) is 0 Å².